The zero-order valence-corrected chi connectivity index (χ0v) is 5.88. The molecule has 0 aliphatic heterocycles. The largest absolute Gasteiger partial charge is 0.368 e. The van der Waals surface area contributed by atoms with E-state index in [1.54, 1.807) is 0 Å². The van der Waals surface area contributed by atoms with Gasteiger partial charge in [0.1, 0.15) is 5.82 Å². The van der Waals surface area contributed by atoms with Crippen LogP contribution in [0.4, 0.5) is 10.2 Å². The normalized spacial score (nSPS) is 9.64. The Morgan fingerprint density at radius 3 is 2.73 bits per heavy atom. The molecule has 1 aromatic heterocycles. The molecule has 58 valence electrons. The molecule has 0 saturated heterocycles. The molecule has 0 N–H and O–H groups in total. The van der Waals surface area contributed by atoms with E-state index in [1.807, 2.05) is 0 Å². The van der Waals surface area contributed by atoms with Crippen molar-refractivity contribution in [2.24, 2.45) is 0 Å². The Morgan fingerprint density at radius 1 is 1.64 bits per heavy atom. The topological polar surface area (TPSA) is 56.0 Å². The van der Waals surface area contributed by atoms with Gasteiger partial charge in [-0.2, -0.15) is 0 Å². The second-order valence-electron chi connectivity index (χ2n) is 1.72. The number of aromatic nitrogens is 1. The van der Waals surface area contributed by atoms with E-state index in [9.17, 15) is 14.5 Å². The molecule has 6 heteroatoms. The van der Waals surface area contributed by atoms with E-state index in [1.165, 1.54) is 0 Å². The average Bonchev–Trinajstić information content (AvgIpc) is 1.85. The fourth-order valence-electron chi connectivity index (χ4n) is 0.546. The standard InChI is InChI=1S/C5H2ClFN2O2/c6-4-1-3(7)2-5(8-4)9(10)11/h1-2H. The highest BCUT2D eigenvalue weighted by Crippen LogP contribution is 2.14. The molecule has 11 heavy (non-hydrogen) atoms. The van der Waals surface area contributed by atoms with Gasteiger partial charge in [0.15, 0.2) is 0 Å². The Hall–Kier alpha value is -1.23. The second-order valence-corrected chi connectivity index (χ2v) is 2.11. The number of nitrogens with zero attached hydrogens (tertiary/aromatic N) is 2. The summed E-state index contributed by atoms with van der Waals surface area (Å²) in [4.78, 5) is 12.5. The Kier molecular flexibility index (Phi) is 2.00. The Labute approximate surface area is 65.8 Å². The highest BCUT2D eigenvalue weighted by molar-refractivity contribution is 6.29. The van der Waals surface area contributed by atoms with Crippen molar-refractivity contribution in [1.82, 2.24) is 4.98 Å². The van der Waals surface area contributed by atoms with Crippen LogP contribution in [0.15, 0.2) is 12.1 Å². The van der Waals surface area contributed by atoms with Gasteiger partial charge in [0.2, 0.25) is 5.15 Å². The summed E-state index contributed by atoms with van der Waals surface area (Å²) >= 11 is 5.24. The van der Waals surface area contributed by atoms with E-state index in [0.717, 1.165) is 6.07 Å². The molecular weight excluding hydrogens is 175 g/mol. The van der Waals surface area contributed by atoms with Crippen LogP contribution in [0, 0.1) is 15.9 Å². The van der Waals surface area contributed by atoms with E-state index < -0.39 is 16.6 Å². The molecule has 1 rings (SSSR count). The third kappa shape index (κ3) is 1.84. The Bertz CT molecular complexity index is 284. The van der Waals surface area contributed by atoms with Crippen molar-refractivity contribution in [2.45, 2.75) is 0 Å². The second kappa shape index (κ2) is 2.79. The summed E-state index contributed by atoms with van der Waals surface area (Å²) in [5.74, 6) is -1.35. The first kappa shape index (κ1) is 7.87. The number of pyridine rings is 1. The van der Waals surface area contributed by atoms with Crippen molar-refractivity contribution in [3.05, 3.63) is 33.2 Å². The van der Waals surface area contributed by atoms with Gasteiger partial charge in [-0.25, -0.2) is 4.39 Å². The van der Waals surface area contributed by atoms with E-state index in [4.69, 9.17) is 11.6 Å². The molecule has 0 aliphatic carbocycles. The molecule has 0 amide bonds. The fourth-order valence-corrected chi connectivity index (χ4v) is 0.737. The van der Waals surface area contributed by atoms with Gasteiger partial charge in [-0.05, 0) is 21.5 Å². The lowest BCUT2D eigenvalue weighted by molar-refractivity contribution is -0.389. The van der Waals surface area contributed by atoms with Gasteiger partial charge in [0.25, 0.3) is 0 Å². The molecule has 0 aliphatic rings. The van der Waals surface area contributed by atoms with E-state index in [2.05, 4.69) is 4.98 Å². The Balaban J connectivity index is 3.19. The minimum Gasteiger partial charge on any atom is -0.358 e. The van der Waals surface area contributed by atoms with Crippen molar-refractivity contribution in [1.29, 1.82) is 0 Å². The summed E-state index contributed by atoms with van der Waals surface area (Å²) < 4.78 is 12.4. The predicted octanol–water partition coefficient (Wildman–Crippen LogP) is 1.78. The van der Waals surface area contributed by atoms with Crippen LogP contribution in [0.25, 0.3) is 0 Å². The van der Waals surface area contributed by atoms with Crippen molar-refractivity contribution in [2.75, 3.05) is 0 Å². The highest BCUT2D eigenvalue weighted by atomic mass is 35.5. The molecule has 1 heterocycles. The number of hydrogen-bond donors (Lipinski definition) is 0. The molecule has 0 spiro atoms. The summed E-state index contributed by atoms with van der Waals surface area (Å²) in [6.45, 7) is 0. The summed E-state index contributed by atoms with van der Waals surface area (Å²) in [5.41, 5.74) is 0. The van der Waals surface area contributed by atoms with Crippen LogP contribution in [0.1, 0.15) is 0 Å². The molecule has 0 bridgehead atoms. The molecule has 0 atom stereocenters. The van der Waals surface area contributed by atoms with Gasteiger partial charge in [0, 0.05) is 6.07 Å². The zero-order chi connectivity index (χ0) is 8.43. The zero-order valence-electron chi connectivity index (χ0n) is 5.12. The molecule has 0 saturated carbocycles. The van der Waals surface area contributed by atoms with Gasteiger partial charge in [-0.3, -0.25) is 0 Å². The van der Waals surface area contributed by atoms with Crippen molar-refractivity contribution >= 4 is 17.4 Å². The molecular formula is C5H2ClFN2O2. The number of nitro groups is 1. The molecule has 1 aromatic rings. The number of halogens is 2. The molecule has 0 aromatic carbocycles. The van der Waals surface area contributed by atoms with Crippen LogP contribution in [0.2, 0.25) is 5.15 Å². The predicted molar refractivity (Wildman–Crippen MR) is 35.9 cm³/mol. The van der Waals surface area contributed by atoms with Gasteiger partial charge in [-0.15, -0.1) is 0 Å². The quantitative estimate of drug-likeness (QED) is 0.372. The fraction of sp³-hybridized carbons (Fsp3) is 0. The van der Waals surface area contributed by atoms with E-state index in [-0.39, 0.29) is 5.15 Å². The van der Waals surface area contributed by atoms with Crippen LogP contribution in [0.3, 0.4) is 0 Å². The van der Waals surface area contributed by atoms with Crippen molar-refractivity contribution < 1.29 is 9.31 Å². The third-order valence-corrected chi connectivity index (χ3v) is 1.13. The summed E-state index contributed by atoms with van der Waals surface area (Å²) in [6, 6.07) is 1.60. The van der Waals surface area contributed by atoms with Crippen molar-refractivity contribution in [3.8, 4) is 0 Å². The van der Waals surface area contributed by atoms with E-state index in [0.29, 0.717) is 6.07 Å². The monoisotopic (exact) mass is 176 g/mol. The molecule has 0 unspecified atom stereocenters. The molecule has 0 radical (unpaired) electrons. The average molecular weight is 177 g/mol. The van der Waals surface area contributed by atoms with Crippen LogP contribution in [-0.4, -0.2) is 9.91 Å². The number of hydrogen-bond acceptors (Lipinski definition) is 3. The lowest BCUT2D eigenvalue weighted by Gasteiger charge is -1.90. The third-order valence-electron chi connectivity index (χ3n) is 0.932. The van der Waals surface area contributed by atoms with Crippen LogP contribution >= 0.6 is 11.6 Å². The highest BCUT2D eigenvalue weighted by Gasteiger charge is 2.10. The minimum absolute atomic E-state index is 0.225. The minimum atomic E-state index is -0.811. The summed E-state index contributed by atoms with van der Waals surface area (Å²) in [7, 11) is 0. The number of rotatable bonds is 1. The maximum atomic E-state index is 12.4. The lowest BCUT2D eigenvalue weighted by Crippen LogP contribution is -1.92. The van der Waals surface area contributed by atoms with Crippen LogP contribution in [0.5, 0.6) is 0 Å². The lowest BCUT2D eigenvalue weighted by atomic mass is 10.4. The first-order valence-electron chi connectivity index (χ1n) is 2.57. The first-order valence-corrected chi connectivity index (χ1v) is 2.95. The van der Waals surface area contributed by atoms with Crippen LogP contribution in [-0.2, 0) is 0 Å². The molecule has 4 nitrogen and oxygen atoms in total. The molecule has 0 fully saturated rings. The van der Waals surface area contributed by atoms with Crippen molar-refractivity contribution in [3.63, 3.8) is 0 Å². The first-order chi connectivity index (χ1) is 5.09. The maximum absolute atomic E-state index is 12.4. The van der Waals surface area contributed by atoms with E-state index >= 15 is 0 Å². The maximum Gasteiger partial charge on any atom is 0.368 e. The summed E-state index contributed by atoms with van der Waals surface area (Å²) in [6.07, 6.45) is 0. The van der Waals surface area contributed by atoms with Gasteiger partial charge < -0.3 is 10.1 Å². The smallest absolute Gasteiger partial charge is 0.358 e. The van der Waals surface area contributed by atoms with Gasteiger partial charge in [-0.1, -0.05) is 0 Å². The van der Waals surface area contributed by atoms with Crippen LogP contribution < -0.4 is 0 Å². The van der Waals surface area contributed by atoms with Gasteiger partial charge in [0.05, 0.1) is 6.07 Å². The SMILES string of the molecule is O=[N+]([O-])c1cc(F)cc(Cl)n1. The van der Waals surface area contributed by atoms with Gasteiger partial charge >= 0.3 is 5.82 Å². The Morgan fingerprint density at radius 2 is 2.27 bits per heavy atom. The summed E-state index contributed by atoms with van der Waals surface area (Å²) in [5, 5.41) is 9.80.